The summed E-state index contributed by atoms with van der Waals surface area (Å²) in [5, 5.41) is 11.0. The Morgan fingerprint density at radius 1 is 1.35 bits per heavy atom. The minimum absolute atomic E-state index is 0.229. The van der Waals surface area contributed by atoms with Crippen LogP contribution >= 0.6 is 0 Å². The van der Waals surface area contributed by atoms with E-state index in [4.69, 9.17) is 9.16 Å². The van der Waals surface area contributed by atoms with Gasteiger partial charge in [0.15, 0.2) is 8.32 Å². The van der Waals surface area contributed by atoms with Gasteiger partial charge in [0.2, 0.25) is 0 Å². The average Bonchev–Trinajstić information content (AvgIpc) is 2.54. The molecular weight excluding hydrogens is 268 g/mol. The van der Waals surface area contributed by atoms with Crippen LogP contribution in [0.3, 0.4) is 0 Å². The molecule has 2 rings (SSSR count). The summed E-state index contributed by atoms with van der Waals surface area (Å²) in [5.41, 5.74) is -0.592. The minimum atomic E-state index is -1.73. The van der Waals surface area contributed by atoms with Gasteiger partial charge in [-0.25, -0.2) is 0 Å². The topological polar surface area (TPSA) is 38.7 Å². The zero-order valence-corrected chi connectivity index (χ0v) is 15.0. The highest BCUT2D eigenvalue weighted by Gasteiger charge is 2.51. The van der Waals surface area contributed by atoms with E-state index in [2.05, 4.69) is 33.9 Å². The third kappa shape index (κ3) is 3.13. The third-order valence-corrected chi connectivity index (χ3v) is 10.5. The second kappa shape index (κ2) is 5.38. The molecule has 2 aliphatic rings. The van der Waals surface area contributed by atoms with Crippen LogP contribution in [0.1, 0.15) is 40.5 Å². The van der Waals surface area contributed by atoms with Crippen LogP contribution in [0, 0.1) is 17.8 Å². The molecule has 0 aromatic carbocycles. The number of hydrogen-bond acceptors (Lipinski definition) is 3. The number of hydrogen-bond donors (Lipinski definition) is 1. The highest BCUT2D eigenvalue weighted by molar-refractivity contribution is 6.74. The lowest BCUT2D eigenvalue weighted by atomic mass is 9.83. The zero-order chi connectivity index (χ0) is 15.2. The largest absolute Gasteiger partial charge is 0.416 e. The fourth-order valence-corrected chi connectivity index (χ4v) is 4.54. The summed E-state index contributed by atoms with van der Waals surface area (Å²) < 4.78 is 12.0. The van der Waals surface area contributed by atoms with E-state index >= 15 is 0 Å². The van der Waals surface area contributed by atoms with Gasteiger partial charge in [0.05, 0.1) is 5.60 Å². The van der Waals surface area contributed by atoms with Crippen LogP contribution in [0.4, 0.5) is 0 Å². The molecular formula is C16H32O3Si. The first-order valence-electron chi connectivity index (χ1n) is 7.99. The molecule has 0 aromatic rings. The van der Waals surface area contributed by atoms with Gasteiger partial charge in [0, 0.05) is 25.7 Å². The maximum absolute atomic E-state index is 10.8. The predicted octanol–water partition coefficient (Wildman–Crippen LogP) is 3.43. The van der Waals surface area contributed by atoms with Gasteiger partial charge in [-0.3, -0.25) is 0 Å². The minimum Gasteiger partial charge on any atom is -0.416 e. The summed E-state index contributed by atoms with van der Waals surface area (Å²) in [6, 6.07) is 0. The maximum Gasteiger partial charge on any atom is 0.191 e. The van der Waals surface area contributed by atoms with Gasteiger partial charge < -0.3 is 14.3 Å². The Hall–Kier alpha value is 0.0969. The standard InChI is InChI=1S/C16H32O3Si/c1-15(2,3)20(5,6)19-11-14-13-7-8-18-10-12(13)9-16(14,4)17/h12-14,17H,7-11H2,1-6H3/t12-,13+,14+,16?/m0/s1. The summed E-state index contributed by atoms with van der Waals surface area (Å²) in [6.45, 7) is 15.7. The molecule has 4 atom stereocenters. The first kappa shape index (κ1) is 16.5. The number of rotatable bonds is 3. The molecule has 1 saturated heterocycles. The van der Waals surface area contributed by atoms with E-state index in [1.54, 1.807) is 0 Å². The summed E-state index contributed by atoms with van der Waals surface area (Å²) in [5.74, 6) is 1.36. The monoisotopic (exact) mass is 300 g/mol. The van der Waals surface area contributed by atoms with Crippen molar-refractivity contribution in [2.45, 2.75) is 64.3 Å². The molecule has 118 valence electrons. The summed E-state index contributed by atoms with van der Waals surface area (Å²) >= 11 is 0. The number of ether oxygens (including phenoxy) is 1. The Balaban J connectivity index is 2.04. The first-order valence-corrected chi connectivity index (χ1v) is 10.9. The van der Waals surface area contributed by atoms with Gasteiger partial charge >= 0.3 is 0 Å². The molecule has 1 aliphatic heterocycles. The lowest BCUT2D eigenvalue weighted by Crippen LogP contribution is -2.45. The molecule has 0 amide bonds. The molecule has 0 bridgehead atoms. The molecule has 20 heavy (non-hydrogen) atoms. The fourth-order valence-electron chi connectivity index (χ4n) is 3.51. The van der Waals surface area contributed by atoms with Crippen molar-refractivity contribution in [3.63, 3.8) is 0 Å². The molecule has 1 saturated carbocycles. The van der Waals surface area contributed by atoms with Crippen molar-refractivity contribution in [1.82, 2.24) is 0 Å². The summed E-state index contributed by atoms with van der Waals surface area (Å²) in [4.78, 5) is 0. The maximum atomic E-state index is 10.8. The van der Waals surface area contributed by atoms with Crippen molar-refractivity contribution in [2.75, 3.05) is 19.8 Å². The predicted molar refractivity (Wildman–Crippen MR) is 84.3 cm³/mol. The zero-order valence-electron chi connectivity index (χ0n) is 14.0. The van der Waals surface area contributed by atoms with Crippen LogP contribution < -0.4 is 0 Å². The Kier molecular flexibility index (Phi) is 4.43. The molecule has 1 unspecified atom stereocenters. The van der Waals surface area contributed by atoms with Crippen molar-refractivity contribution in [3.05, 3.63) is 0 Å². The quantitative estimate of drug-likeness (QED) is 0.812. The van der Waals surface area contributed by atoms with Crippen LogP contribution in [-0.4, -0.2) is 38.8 Å². The Labute approximate surface area is 125 Å². The van der Waals surface area contributed by atoms with Crippen LogP contribution in [-0.2, 0) is 9.16 Å². The van der Waals surface area contributed by atoms with Gasteiger partial charge in [0.25, 0.3) is 0 Å². The Morgan fingerprint density at radius 2 is 2.00 bits per heavy atom. The highest BCUT2D eigenvalue weighted by Crippen LogP contribution is 2.48. The van der Waals surface area contributed by atoms with Gasteiger partial charge in [0.1, 0.15) is 0 Å². The number of aliphatic hydroxyl groups is 1. The van der Waals surface area contributed by atoms with E-state index < -0.39 is 13.9 Å². The van der Waals surface area contributed by atoms with Crippen molar-refractivity contribution in [3.8, 4) is 0 Å². The molecule has 0 spiro atoms. The molecule has 3 nitrogen and oxygen atoms in total. The SMILES string of the molecule is CC1(O)C[C@H]2COCC[C@H]2[C@H]1CO[Si](C)(C)C(C)(C)C. The van der Waals surface area contributed by atoms with Crippen molar-refractivity contribution in [2.24, 2.45) is 17.8 Å². The lowest BCUT2D eigenvalue weighted by molar-refractivity contribution is -0.0203. The van der Waals surface area contributed by atoms with Gasteiger partial charge in [-0.2, -0.15) is 0 Å². The molecule has 4 heteroatoms. The van der Waals surface area contributed by atoms with E-state index in [0.717, 1.165) is 26.1 Å². The molecule has 0 radical (unpaired) electrons. The normalized spacial score (nSPS) is 38.9. The molecule has 1 aliphatic carbocycles. The second-order valence-corrected chi connectivity index (χ2v) is 13.3. The summed E-state index contributed by atoms with van der Waals surface area (Å²) in [6.07, 6.45) is 1.94. The van der Waals surface area contributed by atoms with E-state index in [1.165, 1.54) is 0 Å². The first-order chi connectivity index (χ1) is 9.05. The molecule has 1 heterocycles. The molecule has 0 aromatic heterocycles. The van der Waals surface area contributed by atoms with E-state index in [0.29, 0.717) is 18.4 Å². The Morgan fingerprint density at radius 3 is 2.60 bits per heavy atom. The van der Waals surface area contributed by atoms with Gasteiger partial charge in [-0.15, -0.1) is 0 Å². The van der Waals surface area contributed by atoms with Crippen molar-refractivity contribution in [1.29, 1.82) is 0 Å². The Bertz CT molecular complexity index is 346. The fraction of sp³-hybridized carbons (Fsp3) is 1.00. The number of fused-ring (bicyclic) bond motifs is 1. The molecule has 1 N–H and O–H groups in total. The van der Waals surface area contributed by atoms with E-state index in [1.807, 2.05) is 6.92 Å². The highest BCUT2D eigenvalue weighted by atomic mass is 28.4. The summed E-state index contributed by atoms with van der Waals surface area (Å²) in [7, 11) is -1.73. The van der Waals surface area contributed by atoms with Crippen molar-refractivity contribution < 1.29 is 14.3 Å². The van der Waals surface area contributed by atoms with Crippen LogP contribution in [0.2, 0.25) is 18.1 Å². The van der Waals surface area contributed by atoms with E-state index in [9.17, 15) is 5.11 Å². The van der Waals surface area contributed by atoms with Crippen molar-refractivity contribution >= 4 is 8.32 Å². The van der Waals surface area contributed by atoms with E-state index in [-0.39, 0.29) is 11.0 Å². The lowest BCUT2D eigenvalue weighted by Gasteiger charge is -2.39. The van der Waals surface area contributed by atoms with Crippen LogP contribution in [0.15, 0.2) is 0 Å². The third-order valence-electron chi connectivity index (χ3n) is 5.95. The molecule has 2 fully saturated rings. The average molecular weight is 301 g/mol. The van der Waals surface area contributed by atoms with Crippen LogP contribution in [0.25, 0.3) is 0 Å². The van der Waals surface area contributed by atoms with Gasteiger partial charge in [-0.05, 0) is 49.7 Å². The second-order valence-electron chi connectivity index (χ2n) is 8.53. The van der Waals surface area contributed by atoms with Crippen LogP contribution in [0.5, 0.6) is 0 Å². The smallest absolute Gasteiger partial charge is 0.191 e. The van der Waals surface area contributed by atoms with Gasteiger partial charge in [-0.1, -0.05) is 20.8 Å².